The Balaban J connectivity index is 2.68. The van der Waals surface area contributed by atoms with Crippen LogP contribution in [0.25, 0.3) is 0 Å². The summed E-state index contributed by atoms with van der Waals surface area (Å²) < 4.78 is 6.06. The summed E-state index contributed by atoms with van der Waals surface area (Å²) in [5.74, 6) is 0.744. The summed E-state index contributed by atoms with van der Waals surface area (Å²) in [5, 5.41) is 6.01. The molecule has 18 heavy (non-hydrogen) atoms. The Kier molecular flexibility index (Phi) is 5.98. The molecule has 2 N–H and O–H groups in total. The molecule has 0 fully saturated rings. The van der Waals surface area contributed by atoms with Crippen molar-refractivity contribution in [2.45, 2.75) is 26.3 Å². The van der Waals surface area contributed by atoms with E-state index in [1.165, 1.54) is 0 Å². The molecule has 0 bridgehead atoms. The second-order valence-corrected chi connectivity index (χ2v) is 4.86. The summed E-state index contributed by atoms with van der Waals surface area (Å²) in [6.07, 6.45) is 0.932. The van der Waals surface area contributed by atoms with Crippen molar-refractivity contribution in [2.75, 3.05) is 19.0 Å². The number of benzene rings is 1. The Bertz CT molecular complexity index is 410. The lowest BCUT2D eigenvalue weighted by Crippen LogP contribution is -2.37. The van der Waals surface area contributed by atoms with Gasteiger partial charge in [0.1, 0.15) is 11.8 Å². The van der Waals surface area contributed by atoms with Crippen LogP contribution < -0.4 is 15.4 Å². The molecule has 0 saturated heterocycles. The van der Waals surface area contributed by atoms with Crippen molar-refractivity contribution in [3.05, 3.63) is 22.7 Å². The SMILES string of the molecule is CCCNC(=O)C(C)Nc1cc(OC)ccc1Br. The van der Waals surface area contributed by atoms with Crippen LogP contribution in [0.1, 0.15) is 20.3 Å². The third-order valence-corrected chi connectivity index (χ3v) is 3.18. The number of anilines is 1. The molecular formula is C13H19BrN2O2. The van der Waals surface area contributed by atoms with Crippen molar-refractivity contribution in [3.8, 4) is 5.75 Å². The topological polar surface area (TPSA) is 50.4 Å². The molecule has 0 aliphatic rings. The zero-order valence-corrected chi connectivity index (χ0v) is 12.5. The molecular weight excluding hydrogens is 296 g/mol. The van der Waals surface area contributed by atoms with Crippen LogP contribution in [-0.4, -0.2) is 25.6 Å². The van der Waals surface area contributed by atoms with Gasteiger partial charge in [-0.05, 0) is 41.4 Å². The van der Waals surface area contributed by atoms with Crippen molar-refractivity contribution in [2.24, 2.45) is 0 Å². The molecule has 0 aromatic heterocycles. The Hall–Kier alpha value is -1.23. The molecule has 0 aliphatic heterocycles. The lowest BCUT2D eigenvalue weighted by molar-refractivity contribution is -0.121. The molecule has 1 amide bonds. The summed E-state index contributed by atoms with van der Waals surface area (Å²) in [7, 11) is 1.62. The van der Waals surface area contributed by atoms with E-state index in [-0.39, 0.29) is 11.9 Å². The normalized spacial score (nSPS) is 11.8. The minimum absolute atomic E-state index is 0.00781. The first-order chi connectivity index (χ1) is 8.58. The van der Waals surface area contributed by atoms with Gasteiger partial charge in [-0.15, -0.1) is 0 Å². The van der Waals surface area contributed by atoms with Crippen LogP contribution in [0.5, 0.6) is 5.75 Å². The van der Waals surface area contributed by atoms with Crippen molar-refractivity contribution >= 4 is 27.5 Å². The standard InChI is InChI=1S/C13H19BrN2O2/c1-4-7-15-13(17)9(2)16-12-8-10(18-3)5-6-11(12)14/h5-6,8-9,16H,4,7H2,1-3H3,(H,15,17). The number of carbonyl (C=O) groups excluding carboxylic acids is 1. The molecule has 4 nitrogen and oxygen atoms in total. The first kappa shape index (κ1) is 14.8. The highest BCUT2D eigenvalue weighted by Crippen LogP contribution is 2.27. The van der Waals surface area contributed by atoms with Gasteiger partial charge < -0.3 is 15.4 Å². The van der Waals surface area contributed by atoms with Crippen molar-refractivity contribution in [1.82, 2.24) is 5.32 Å². The molecule has 1 atom stereocenters. The largest absolute Gasteiger partial charge is 0.497 e. The molecule has 1 rings (SSSR count). The number of hydrogen-bond donors (Lipinski definition) is 2. The summed E-state index contributed by atoms with van der Waals surface area (Å²) in [4.78, 5) is 11.8. The van der Waals surface area contributed by atoms with E-state index in [0.29, 0.717) is 6.54 Å². The Morgan fingerprint density at radius 2 is 2.22 bits per heavy atom. The number of halogens is 1. The first-order valence-electron chi connectivity index (χ1n) is 5.96. The second-order valence-electron chi connectivity index (χ2n) is 4.00. The van der Waals surface area contributed by atoms with E-state index in [0.717, 1.165) is 22.3 Å². The van der Waals surface area contributed by atoms with Gasteiger partial charge >= 0.3 is 0 Å². The van der Waals surface area contributed by atoms with E-state index in [1.54, 1.807) is 7.11 Å². The highest BCUT2D eigenvalue weighted by atomic mass is 79.9. The van der Waals surface area contributed by atoms with Gasteiger partial charge in [-0.1, -0.05) is 6.92 Å². The van der Waals surface area contributed by atoms with Gasteiger partial charge in [0.15, 0.2) is 0 Å². The van der Waals surface area contributed by atoms with Gasteiger partial charge in [0.2, 0.25) is 5.91 Å². The average molecular weight is 315 g/mol. The predicted octanol–water partition coefficient (Wildman–Crippen LogP) is 2.78. The fraction of sp³-hybridized carbons (Fsp3) is 0.462. The maximum Gasteiger partial charge on any atom is 0.242 e. The van der Waals surface area contributed by atoms with Crippen LogP contribution in [0.15, 0.2) is 22.7 Å². The maximum absolute atomic E-state index is 11.8. The van der Waals surface area contributed by atoms with Crippen LogP contribution in [0.4, 0.5) is 5.69 Å². The van der Waals surface area contributed by atoms with Gasteiger partial charge in [0, 0.05) is 17.1 Å². The molecule has 0 aliphatic carbocycles. The average Bonchev–Trinajstić information content (AvgIpc) is 2.38. The van der Waals surface area contributed by atoms with Gasteiger partial charge in [-0.25, -0.2) is 0 Å². The monoisotopic (exact) mass is 314 g/mol. The van der Waals surface area contributed by atoms with E-state index in [1.807, 2.05) is 32.0 Å². The lowest BCUT2D eigenvalue weighted by atomic mass is 10.2. The number of nitrogens with one attached hydrogen (secondary N) is 2. The van der Waals surface area contributed by atoms with Crippen LogP contribution in [0.3, 0.4) is 0 Å². The van der Waals surface area contributed by atoms with E-state index >= 15 is 0 Å². The third kappa shape index (κ3) is 4.22. The quantitative estimate of drug-likeness (QED) is 0.849. The van der Waals surface area contributed by atoms with Gasteiger partial charge in [0.05, 0.1) is 12.8 Å². The molecule has 0 spiro atoms. The van der Waals surface area contributed by atoms with Gasteiger partial charge in [-0.2, -0.15) is 0 Å². The van der Waals surface area contributed by atoms with Crippen LogP contribution in [0.2, 0.25) is 0 Å². The zero-order valence-electron chi connectivity index (χ0n) is 10.9. The van der Waals surface area contributed by atoms with E-state index < -0.39 is 0 Å². The molecule has 100 valence electrons. The number of ether oxygens (including phenoxy) is 1. The molecule has 0 heterocycles. The number of carbonyl (C=O) groups is 1. The molecule has 1 aromatic carbocycles. The Morgan fingerprint density at radius 3 is 2.83 bits per heavy atom. The van der Waals surface area contributed by atoms with Crippen LogP contribution >= 0.6 is 15.9 Å². The number of rotatable bonds is 6. The van der Waals surface area contributed by atoms with Crippen molar-refractivity contribution in [3.63, 3.8) is 0 Å². The summed E-state index contributed by atoms with van der Waals surface area (Å²) in [6.45, 7) is 4.55. The molecule has 1 aromatic rings. The first-order valence-corrected chi connectivity index (χ1v) is 6.75. The molecule has 1 unspecified atom stereocenters. The maximum atomic E-state index is 11.8. The fourth-order valence-electron chi connectivity index (χ4n) is 1.44. The zero-order chi connectivity index (χ0) is 13.5. The summed E-state index contributed by atoms with van der Waals surface area (Å²) in [6, 6.07) is 5.31. The Morgan fingerprint density at radius 1 is 1.50 bits per heavy atom. The van der Waals surface area contributed by atoms with Crippen LogP contribution in [-0.2, 0) is 4.79 Å². The predicted molar refractivity (Wildman–Crippen MR) is 77.1 cm³/mol. The third-order valence-electron chi connectivity index (χ3n) is 2.49. The van der Waals surface area contributed by atoms with Crippen molar-refractivity contribution in [1.29, 1.82) is 0 Å². The lowest BCUT2D eigenvalue weighted by Gasteiger charge is -2.16. The second kappa shape index (κ2) is 7.26. The molecule has 0 saturated carbocycles. The number of methoxy groups -OCH3 is 1. The van der Waals surface area contributed by atoms with Gasteiger partial charge in [-0.3, -0.25) is 4.79 Å². The van der Waals surface area contributed by atoms with Crippen molar-refractivity contribution < 1.29 is 9.53 Å². The van der Waals surface area contributed by atoms with E-state index in [9.17, 15) is 4.79 Å². The number of hydrogen-bond acceptors (Lipinski definition) is 3. The fourth-order valence-corrected chi connectivity index (χ4v) is 1.80. The van der Waals surface area contributed by atoms with Gasteiger partial charge in [0.25, 0.3) is 0 Å². The summed E-state index contributed by atoms with van der Waals surface area (Å²) >= 11 is 3.44. The molecule has 0 radical (unpaired) electrons. The van der Waals surface area contributed by atoms with E-state index in [4.69, 9.17) is 4.74 Å². The molecule has 5 heteroatoms. The minimum atomic E-state index is -0.292. The Labute approximate surface area is 116 Å². The number of amides is 1. The summed E-state index contributed by atoms with van der Waals surface area (Å²) in [5.41, 5.74) is 0.841. The minimum Gasteiger partial charge on any atom is -0.497 e. The van der Waals surface area contributed by atoms with Crippen LogP contribution in [0, 0.1) is 0 Å². The highest BCUT2D eigenvalue weighted by Gasteiger charge is 2.13. The highest BCUT2D eigenvalue weighted by molar-refractivity contribution is 9.10. The smallest absolute Gasteiger partial charge is 0.242 e. The van der Waals surface area contributed by atoms with E-state index in [2.05, 4.69) is 26.6 Å².